The van der Waals surface area contributed by atoms with Crippen molar-refractivity contribution in [1.82, 2.24) is 10.2 Å². The summed E-state index contributed by atoms with van der Waals surface area (Å²) in [6.07, 6.45) is 0. The van der Waals surface area contributed by atoms with Crippen molar-refractivity contribution in [2.45, 2.75) is 6.92 Å². The zero-order valence-electron chi connectivity index (χ0n) is 10.4. The molecule has 2 heterocycles. The Morgan fingerprint density at radius 3 is 2.67 bits per heavy atom. The number of benzene rings is 1. The summed E-state index contributed by atoms with van der Waals surface area (Å²) in [5, 5.41) is 3.33. The van der Waals surface area contributed by atoms with Crippen molar-refractivity contribution >= 4 is 5.91 Å². The minimum Gasteiger partial charge on any atom is -0.338 e. The fourth-order valence-electron chi connectivity index (χ4n) is 3.00. The molecule has 0 bridgehead atoms. The Morgan fingerprint density at radius 2 is 2.00 bits per heavy atom. The maximum atomic E-state index is 13.9. The molecule has 2 unspecified atom stereocenters. The van der Waals surface area contributed by atoms with E-state index in [9.17, 15) is 9.18 Å². The molecule has 0 aromatic heterocycles. The van der Waals surface area contributed by atoms with E-state index in [-0.39, 0.29) is 17.3 Å². The zero-order chi connectivity index (χ0) is 12.7. The van der Waals surface area contributed by atoms with Gasteiger partial charge in [-0.2, -0.15) is 0 Å². The summed E-state index contributed by atoms with van der Waals surface area (Å²) in [5.74, 6) is 0.548. The zero-order valence-corrected chi connectivity index (χ0v) is 10.4. The smallest absolute Gasteiger partial charge is 0.256 e. The lowest BCUT2D eigenvalue weighted by molar-refractivity contribution is 0.0777. The van der Waals surface area contributed by atoms with Gasteiger partial charge in [0.05, 0.1) is 5.56 Å². The van der Waals surface area contributed by atoms with Crippen LogP contribution in [0.1, 0.15) is 15.9 Å². The first-order valence-corrected chi connectivity index (χ1v) is 6.42. The second-order valence-electron chi connectivity index (χ2n) is 5.32. The topological polar surface area (TPSA) is 32.3 Å². The number of fused-ring (bicyclic) bond motifs is 1. The van der Waals surface area contributed by atoms with Gasteiger partial charge in [-0.15, -0.1) is 0 Å². The van der Waals surface area contributed by atoms with Crippen molar-refractivity contribution in [2.75, 3.05) is 26.2 Å². The van der Waals surface area contributed by atoms with Crippen LogP contribution in [0, 0.1) is 24.6 Å². The summed E-state index contributed by atoms with van der Waals surface area (Å²) < 4.78 is 13.9. The van der Waals surface area contributed by atoms with Gasteiger partial charge in [0.1, 0.15) is 5.82 Å². The van der Waals surface area contributed by atoms with Gasteiger partial charge in [-0.1, -0.05) is 12.1 Å². The molecular weight excluding hydrogens is 231 g/mol. The lowest BCUT2D eigenvalue weighted by Crippen LogP contribution is -2.32. The number of nitrogens with one attached hydrogen (secondary N) is 1. The van der Waals surface area contributed by atoms with Crippen LogP contribution in [0.3, 0.4) is 0 Å². The Bertz CT molecular complexity index is 477. The van der Waals surface area contributed by atoms with E-state index in [2.05, 4.69) is 5.32 Å². The second kappa shape index (κ2) is 4.35. The summed E-state index contributed by atoms with van der Waals surface area (Å²) in [4.78, 5) is 14.1. The van der Waals surface area contributed by atoms with E-state index in [1.165, 1.54) is 0 Å². The lowest BCUT2D eigenvalue weighted by atomic mass is 10.0. The van der Waals surface area contributed by atoms with Crippen molar-refractivity contribution in [3.63, 3.8) is 0 Å². The number of nitrogens with zero attached hydrogens (tertiary/aromatic N) is 1. The number of aryl methyl sites for hydroxylation is 1. The van der Waals surface area contributed by atoms with E-state index < -0.39 is 0 Å². The van der Waals surface area contributed by atoms with E-state index in [0.29, 0.717) is 17.4 Å². The molecule has 2 aliphatic rings. The monoisotopic (exact) mass is 248 g/mol. The van der Waals surface area contributed by atoms with Crippen molar-refractivity contribution < 1.29 is 9.18 Å². The van der Waals surface area contributed by atoms with E-state index >= 15 is 0 Å². The summed E-state index contributed by atoms with van der Waals surface area (Å²) >= 11 is 0. The van der Waals surface area contributed by atoms with Gasteiger partial charge in [0.2, 0.25) is 0 Å². The minimum atomic E-state index is -0.377. The molecule has 2 fully saturated rings. The first-order valence-electron chi connectivity index (χ1n) is 6.42. The number of halogens is 1. The van der Waals surface area contributed by atoms with E-state index in [4.69, 9.17) is 0 Å². The van der Waals surface area contributed by atoms with Gasteiger partial charge < -0.3 is 10.2 Å². The fraction of sp³-hybridized carbons (Fsp3) is 0.500. The quantitative estimate of drug-likeness (QED) is 0.815. The second-order valence-corrected chi connectivity index (χ2v) is 5.32. The van der Waals surface area contributed by atoms with Gasteiger partial charge in [-0.3, -0.25) is 4.79 Å². The third kappa shape index (κ3) is 1.81. The van der Waals surface area contributed by atoms with Crippen molar-refractivity contribution in [3.8, 4) is 0 Å². The lowest BCUT2D eigenvalue weighted by Gasteiger charge is -2.18. The van der Waals surface area contributed by atoms with Crippen LogP contribution < -0.4 is 5.32 Å². The van der Waals surface area contributed by atoms with E-state index in [1.54, 1.807) is 30.0 Å². The number of carbonyl (C=O) groups is 1. The summed E-state index contributed by atoms with van der Waals surface area (Å²) in [7, 11) is 0. The van der Waals surface area contributed by atoms with Crippen LogP contribution in [0.25, 0.3) is 0 Å². The van der Waals surface area contributed by atoms with Crippen molar-refractivity contribution in [2.24, 2.45) is 11.8 Å². The highest BCUT2D eigenvalue weighted by Gasteiger charge is 2.38. The molecule has 18 heavy (non-hydrogen) atoms. The molecular formula is C14H17FN2O. The number of hydrogen-bond donors (Lipinski definition) is 1. The normalized spacial score (nSPS) is 26.4. The molecule has 96 valence electrons. The number of amides is 1. The predicted octanol–water partition coefficient (Wildman–Crippen LogP) is 1.43. The molecule has 1 N–H and O–H groups in total. The SMILES string of the molecule is Cc1cccc(C(=O)N2CC3CNCC3C2)c1F. The van der Waals surface area contributed by atoms with Gasteiger partial charge in [0.25, 0.3) is 5.91 Å². The first-order chi connectivity index (χ1) is 8.66. The Hall–Kier alpha value is -1.42. The van der Waals surface area contributed by atoms with Gasteiger partial charge >= 0.3 is 0 Å². The molecule has 0 radical (unpaired) electrons. The highest BCUT2D eigenvalue weighted by Crippen LogP contribution is 2.28. The van der Waals surface area contributed by atoms with Crippen molar-refractivity contribution in [1.29, 1.82) is 0 Å². The van der Waals surface area contributed by atoms with Crippen LogP contribution >= 0.6 is 0 Å². The first kappa shape index (κ1) is 11.7. The van der Waals surface area contributed by atoms with Crippen molar-refractivity contribution in [3.05, 3.63) is 35.1 Å². The largest absolute Gasteiger partial charge is 0.338 e. The van der Waals surface area contributed by atoms with Crippen LogP contribution in [-0.4, -0.2) is 37.0 Å². The molecule has 2 aliphatic heterocycles. The predicted molar refractivity (Wildman–Crippen MR) is 66.9 cm³/mol. The summed E-state index contributed by atoms with van der Waals surface area (Å²) in [6.45, 7) is 5.15. The van der Waals surface area contributed by atoms with Gasteiger partial charge in [-0.25, -0.2) is 4.39 Å². The molecule has 0 saturated carbocycles. The van der Waals surface area contributed by atoms with E-state index in [1.807, 2.05) is 0 Å². The molecule has 3 nitrogen and oxygen atoms in total. The van der Waals surface area contributed by atoms with Crippen LogP contribution in [-0.2, 0) is 0 Å². The molecule has 3 rings (SSSR count). The van der Waals surface area contributed by atoms with Gasteiger partial charge in [0, 0.05) is 26.2 Å². The maximum absolute atomic E-state index is 13.9. The van der Waals surface area contributed by atoms with Gasteiger partial charge in [0.15, 0.2) is 0 Å². The molecule has 1 aromatic rings. The molecule has 2 atom stereocenters. The minimum absolute atomic E-state index is 0.161. The Morgan fingerprint density at radius 1 is 1.33 bits per heavy atom. The Labute approximate surface area is 106 Å². The molecule has 1 amide bonds. The highest BCUT2D eigenvalue weighted by atomic mass is 19.1. The number of likely N-dealkylation sites (tertiary alicyclic amines) is 1. The van der Waals surface area contributed by atoms with Crippen LogP contribution in [0.15, 0.2) is 18.2 Å². The Kier molecular flexibility index (Phi) is 2.82. The molecule has 4 heteroatoms. The fourth-order valence-corrected chi connectivity index (χ4v) is 3.00. The molecule has 0 spiro atoms. The average molecular weight is 248 g/mol. The van der Waals surface area contributed by atoms with Crippen LogP contribution in [0.4, 0.5) is 4.39 Å². The average Bonchev–Trinajstić information content (AvgIpc) is 2.92. The number of hydrogen-bond acceptors (Lipinski definition) is 2. The summed E-state index contributed by atoms with van der Waals surface area (Å²) in [5.41, 5.74) is 0.741. The molecule has 2 saturated heterocycles. The van der Waals surface area contributed by atoms with E-state index in [0.717, 1.165) is 26.2 Å². The van der Waals surface area contributed by atoms with Crippen LogP contribution in [0.5, 0.6) is 0 Å². The highest BCUT2D eigenvalue weighted by molar-refractivity contribution is 5.95. The molecule has 1 aromatic carbocycles. The van der Waals surface area contributed by atoms with Crippen LogP contribution in [0.2, 0.25) is 0 Å². The number of carbonyl (C=O) groups excluding carboxylic acids is 1. The number of rotatable bonds is 1. The molecule has 0 aliphatic carbocycles. The standard InChI is InChI=1S/C14H17FN2O/c1-9-3-2-4-12(13(9)15)14(18)17-7-10-5-16-6-11(10)8-17/h2-4,10-11,16H,5-8H2,1H3. The maximum Gasteiger partial charge on any atom is 0.256 e. The third-order valence-corrected chi connectivity index (χ3v) is 4.10. The third-order valence-electron chi connectivity index (χ3n) is 4.10. The van der Waals surface area contributed by atoms with Gasteiger partial charge in [-0.05, 0) is 30.4 Å². The summed E-state index contributed by atoms with van der Waals surface area (Å²) in [6, 6.07) is 5.01. The Balaban J connectivity index is 1.81.